The van der Waals surface area contributed by atoms with Gasteiger partial charge < -0.3 is 50.3 Å². The average molecular weight is 1700 g/mol. The van der Waals surface area contributed by atoms with Gasteiger partial charge in [-0.1, -0.05) is 194 Å². The van der Waals surface area contributed by atoms with Crippen LogP contribution in [0.2, 0.25) is 0 Å². The fourth-order valence-corrected chi connectivity index (χ4v) is 12.7. The van der Waals surface area contributed by atoms with E-state index in [2.05, 4.69) is 174 Å². The van der Waals surface area contributed by atoms with Gasteiger partial charge in [0.15, 0.2) is 0 Å². The number of benzene rings is 10. The molecule has 0 heterocycles. The molecule has 0 radical (unpaired) electrons. The van der Waals surface area contributed by atoms with Crippen LogP contribution in [-0.4, -0.2) is 29.5 Å². The molecule has 0 saturated heterocycles. The third-order valence-corrected chi connectivity index (χ3v) is 19.9. The second kappa shape index (κ2) is 45.5. The van der Waals surface area contributed by atoms with Gasteiger partial charge in [0.1, 0.15) is 61.8 Å². The third-order valence-electron chi connectivity index (χ3n) is 18.7. The second-order valence-corrected chi connectivity index (χ2v) is 30.8. The third kappa shape index (κ3) is 30.0. The van der Waals surface area contributed by atoms with Crippen LogP contribution < -0.4 is 50.3 Å². The highest BCUT2D eigenvalue weighted by Gasteiger charge is 2.25. The van der Waals surface area contributed by atoms with Crippen molar-refractivity contribution in [3.8, 4) is 28.7 Å². The molecule has 5 N–H and O–H groups in total. The minimum absolute atomic E-state index is 0.00846. The maximum atomic E-state index is 11.8. The van der Waals surface area contributed by atoms with Crippen molar-refractivity contribution in [3.63, 3.8) is 0 Å². The summed E-state index contributed by atoms with van der Waals surface area (Å²) in [4.78, 5) is 58.5. The first-order valence-corrected chi connectivity index (χ1v) is 40.9. The molecule has 0 aliphatic heterocycles. The maximum Gasteiger partial charge on any atom is 0.224 e. The molecule has 1 fully saturated rings. The number of nitrogens with one attached hydrogen (secondary N) is 5. The lowest BCUT2D eigenvalue weighted by molar-refractivity contribution is -0.116. The number of amides is 5. The van der Waals surface area contributed by atoms with Crippen molar-refractivity contribution in [1.82, 2.24) is 0 Å². The number of ether oxygens (including phenoxy) is 5. The summed E-state index contributed by atoms with van der Waals surface area (Å²) in [7, 11) is 0. The Morgan fingerprint density at radius 3 is 0.903 bits per heavy atom. The smallest absolute Gasteiger partial charge is 0.224 e. The first-order valence-electron chi connectivity index (χ1n) is 39.0. The highest BCUT2D eigenvalue weighted by atomic mass is 127. The number of hydrogen-bond acceptors (Lipinski definition) is 10. The summed E-state index contributed by atoms with van der Waals surface area (Å²) in [5, 5.41) is 14.8. The van der Waals surface area contributed by atoms with Crippen LogP contribution in [0.1, 0.15) is 193 Å². The van der Waals surface area contributed by atoms with Gasteiger partial charge >= 0.3 is 0 Å². The molecule has 1 aliphatic rings. The van der Waals surface area contributed by atoms with Gasteiger partial charge in [0, 0.05) is 96.4 Å². The fourth-order valence-electron chi connectivity index (χ4n) is 11.9. The predicted octanol–water partition coefficient (Wildman–Crippen LogP) is 24.3. The number of carbonyl (C=O) groups is 5. The molecule has 0 spiro atoms. The van der Waals surface area contributed by atoms with E-state index in [0.717, 1.165) is 133 Å². The minimum Gasteiger partial charge on any atom is -0.489 e. The van der Waals surface area contributed by atoms with Crippen molar-refractivity contribution in [2.24, 2.45) is 0 Å². The quantitative estimate of drug-likeness (QED) is 0.0310. The standard InChI is InChI=1S/C21H25NO2.C20H25NO2.C19H23NO2.C18H20BrNO2.C18H20INO2/c1-4-21(23)22-19-12-17(16-6-7-16)8-9-18(19)13-24-20-10-5-14(2)11-15(20)3;1-5-16-8-9-17(18(12-16)21-20(22)6-2)13-23-19-10-7-14(3)11-15(19)4;1-5-19(21)20-17-11-14(3)6-8-16(17)12-22-18-9-7-13(2)10-15(18)4;2*1-4-18(21)20-16-10-15(19)7-6-14(16)11-22-17-8-5-12(2)9-13(17)3/h5,8-12,16H,4,6-7,13H2,1-3H3,(H,22,23);7-12H,5-6,13H2,1-4H3,(H,21,22);6-11H,5,12H2,1-4H3,(H,20,21);2*5-10H,4,11H2,1-3H3,(H,20,21). The van der Waals surface area contributed by atoms with Crippen LogP contribution in [0.25, 0.3) is 0 Å². The highest BCUT2D eigenvalue weighted by Crippen LogP contribution is 2.42. The molecule has 0 bridgehead atoms. The van der Waals surface area contributed by atoms with E-state index >= 15 is 0 Å². The Kier molecular flexibility index (Phi) is 36.2. The van der Waals surface area contributed by atoms with E-state index in [1.165, 1.54) is 51.8 Å². The van der Waals surface area contributed by atoms with Gasteiger partial charge in [0.2, 0.25) is 29.5 Å². The van der Waals surface area contributed by atoms with Crippen molar-refractivity contribution in [2.45, 2.75) is 208 Å². The van der Waals surface area contributed by atoms with Crippen LogP contribution >= 0.6 is 38.5 Å². The second-order valence-electron chi connectivity index (χ2n) is 28.6. The SMILES string of the molecule is CCC(=O)Nc1cc(Br)ccc1COc1ccc(C)cc1C.CCC(=O)Nc1cc(C)ccc1COc1ccc(C)cc1C.CCC(=O)Nc1cc(C2CC2)ccc1COc1ccc(C)cc1C.CCC(=O)Nc1cc(CC)ccc1COc1ccc(C)cc1C.CCC(=O)Nc1cc(I)ccc1COc1ccc(C)cc1C. The zero-order valence-corrected chi connectivity index (χ0v) is 72.7. The molecule has 15 nitrogen and oxygen atoms in total. The first kappa shape index (κ1) is 90.0. The van der Waals surface area contributed by atoms with Crippen LogP contribution in [0.5, 0.6) is 28.7 Å². The van der Waals surface area contributed by atoms with Crippen LogP contribution in [-0.2, 0) is 63.4 Å². The summed E-state index contributed by atoms with van der Waals surface area (Å²) < 4.78 is 31.7. The molecular weight excluding hydrogens is 1590 g/mol. The Balaban J connectivity index is 0.000000196. The van der Waals surface area contributed by atoms with Gasteiger partial charge in [-0.05, 0) is 241 Å². The van der Waals surface area contributed by atoms with Crippen LogP contribution in [0.15, 0.2) is 186 Å². The van der Waals surface area contributed by atoms with Crippen molar-refractivity contribution in [1.29, 1.82) is 0 Å². The van der Waals surface area contributed by atoms with Crippen molar-refractivity contribution < 1.29 is 47.7 Å². The van der Waals surface area contributed by atoms with E-state index in [9.17, 15) is 24.0 Å². The molecule has 17 heteroatoms. The summed E-state index contributed by atoms with van der Waals surface area (Å²) in [6, 6.07) is 61.0. The molecule has 0 aromatic heterocycles. The molecule has 0 unspecified atom stereocenters. The Morgan fingerprint density at radius 1 is 0.319 bits per heavy atom. The molecule has 5 amide bonds. The Hall–Kier alpha value is -10.2. The van der Waals surface area contributed by atoms with Gasteiger partial charge in [-0.15, -0.1) is 0 Å². The maximum absolute atomic E-state index is 11.8. The Bertz CT molecular complexity index is 4610. The van der Waals surface area contributed by atoms with Gasteiger partial charge in [-0.25, -0.2) is 0 Å². The number of anilines is 5. The van der Waals surface area contributed by atoms with E-state index in [0.29, 0.717) is 71.1 Å². The highest BCUT2D eigenvalue weighted by molar-refractivity contribution is 14.1. The largest absolute Gasteiger partial charge is 0.489 e. The van der Waals surface area contributed by atoms with Crippen molar-refractivity contribution in [3.05, 3.63) is 290 Å². The zero-order valence-electron chi connectivity index (χ0n) is 68.9. The number of aryl methyl sites for hydroxylation is 12. The van der Waals surface area contributed by atoms with Gasteiger partial charge in [0.05, 0.1) is 0 Å². The Labute approximate surface area is 692 Å². The van der Waals surface area contributed by atoms with Crippen LogP contribution in [0.3, 0.4) is 0 Å². The molecule has 0 atom stereocenters. The fraction of sp³-hybridized carbons (Fsp3) is 0.323. The van der Waals surface area contributed by atoms with Crippen LogP contribution in [0, 0.1) is 79.7 Å². The number of rotatable bonds is 27. The molecule has 1 aliphatic carbocycles. The number of hydrogen-bond donors (Lipinski definition) is 5. The van der Waals surface area contributed by atoms with E-state index in [-0.39, 0.29) is 29.5 Å². The van der Waals surface area contributed by atoms with E-state index in [1.54, 1.807) is 0 Å². The minimum atomic E-state index is -0.00846. The number of carbonyl (C=O) groups excluding carboxylic acids is 5. The van der Waals surface area contributed by atoms with Gasteiger partial charge in [-0.2, -0.15) is 0 Å². The van der Waals surface area contributed by atoms with E-state index in [4.69, 9.17) is 23.7 Å². The lowest BCUT2D eigenvalue weighted by atomic mass is 10.1. The zero-order chi connectivity index (χ0) is 82.3. The van der Waals surface area contributed by atoms with Crippen molar-refractivity contribution >= 4 is 96.5 Å². The average Bonchev–Trinajstić information content (AvgIpc) is 1.72. The Morgan fingerprint density at radius 2 is 0.584 bits per heavy atom. The molecule has 596 valence electrons. The van der Waals surface area contributed by atoms with Gasteiger partial charge in [0.25, 0.3) is 0 Å². The lowest BCUT2D eigenvalue weighted by Crippen LogP contribution is -2.12. The molecule has 10 aromatic carbocycles. The lowest BCUT2D eigenvalue weighted by Gasteiger charge is -2.15. The normalized spacial score (nSPS) is 11.1. The summed E-state index contributed by atoms with van der Waals surface area (Å²) >= 11 is 5.67. The molecule has 11 rings (SSSR count). The molecule has 1 saturated carbocycles. The van der Waals surface area contributed by atoms with E-state index in [1.807, 2.05) is 191 Å². The van der Waals surface area contributed by atoms with Gasteiger partial charge in [-0.3, -0.25) is 24.0 Å². The van der Waals surface area contributed by atoms with E-state index < -0.39 is 0 Å². The van der Waals surface area contributed by atoms with Crippen molar-refractivity contribution in [2.75, 3.05) is 26.6 Å². The molecule has 113 heavy (non-hydrogen) atoms. The predicted molar refractivity (Wildman–Crippen MR) is 475 cm³/mol. The summed E-state index contributed by atoms with van der Waals surface area (Å²) in [6.07, 6.45) is 5.75. The summed E-state index contributed by atoms with van der Waals surface area (Å²) in [5.41, 5.74) is 24.4. The summed E-state index contributed by atoms with van der Waals surface area (Å²) in [5.74, 6) is 5.11. The molecular formula is C96H113BrIN5O10. The number of halogens is 2. The first-order chi connectivity index (χ1) is 54.1. The summed E-state index contributed by atoms with van der Waals surface area (Å²) in [6.45, 7) is 36.1. The monoisotopic (exact) mass is 1700 g/mol. The topological polar surface area (TPSA) is 192 Å². The van der Waals surface area contributed by atoms with Crippen LogP contribution in [0.4, 0.5) is 28.4 Å². The molecule has 10 aromatic rings.